The molecule has 0 aromatic heterocycles. The minimum atomic E-state index is -0.363. The number of rotatable bonds is 2. The fraction of sp³-hybridized carbons (Fsp3) is 0.727. The van der Waals surface area contributed by atoms with E-state index in [0.717, 1.165) is 31.3 Å². The first-order valence-corrected chi connectivity index (χ1v) is 5.23. The number of carbonyl (C=O) groups is 1. The lowest BCUT2D eigenvalue weighted by Crippen LogP contribution is -2.44. The Hall–Kier alpha value is -0.830. The Kier molecular flexibility index (Phi) is 4.14. The molecular formula is C11H19NO2. The molecule has 0 aromatic carbocycles. The summed E-state index contributed by atoms with van der Waals surface area (Å²) >= 11 is 0. The zero-order valence-electron chi connectivity index (χ0n) is 8.92. The minimum Gasteiger partial charge on any atom is -0.391 e. The molecule has 1 aliphatic carbocycles. The van der Waals surface area contributed by atoms with E-state index in [1.807, 2.05) is 13.8 Å². The Morgan fingerprint density at radius 2 is 2.00 bits per heavy atom. The average molecular weight is 197 g/mol. The van der Waals surface area contributed by atoms with Crippen molar-refractivity contribution in [2.24, 2.45) is 0 Å². The van der Waals surface area contributed by atoms with Gasteiger partial charge in [-0.25, -0.2) is 0 Å². The first-order valence-electron chi connectivity index (χ1n) is 5.23. The predicted octanol–water partition coefficient (Wildman–Crippen LogP) is 1.37. The van der Waals surface area contributed by atoms with Crippen LogP contribution in [0.15, 0.2) is 11.6 Å². The molecule has 0 saturated heterocycles. The standard InChI is InChI=1S/C11H19NO2/c1-8(2)7-11(14)12-9-5-3-4-6-10(9)13/h7,9-10,13H,3-6H2,1-2H3,(H,12,14). The molecule has 0 spiro atoms. The Bertz CT molecular complexity index is 231. The van der Waals surface area contributed by atoms with Gasteiger partial charge in [0.15, 0.2) is 0 Å². The van der Waals surface area contributed by atoms with Gasteiger partial charge in [0.05, 0.1) is 12.1 Å². The molecule has 80 valence electrons. The van der Waals surface area contributed by atoms with Crippen molar-refractivity contribution in [3.8, 4) is 0 Å². The Labute approximate surface area is 85.2 Å². The van der Waals surface area contributed by atoms with Gasteiger partial charge in [0.1, 0.15) is 0 Å². The minimum absolute atomic E-state index is 0.0492. The molecule has 1 saturated carbocycles. The van der Waals surface area contributed by atoms with Gasteiger partial charge in [-0.2, -0.15) is 0 Å². The molecule has 1 amide bonds. The molecule has 14 heavy (non-hydrogen) atoms. The average Bonchev–Trinajstić information content (AvgIpc) is 2.07. The third-order valence-electron chi connectivity index (χ3n) is 2.48. The van der Waals surface area contributed by atoms with Crippen LogP contribution < -0.4 is 5.32 Å². The third-order valence-corrected chi connectivity index (χ3v) is 2.48. The number of allylic oxidation sites excluding steroid dienone is 1. The highest BCUT2D eigenvalue weighted by Crippen LogP contribution is 2.18. The second kappa shape index (κ2) is 5.15. The van der Waals surface area contributed by atoms with Crippen LogP contribution in [0.2, 0.25) is 0 Å². The van der Waals surface area contributed by atoms with Gasteiger partial charge in [-0.3, -0.25) is 4.79 Å². The maximum atomic E-state index is 11.4. The molecule has 2 unspecified atom stereocenters. The first-order chi connectivity index (χ1) is 6.59. The summed E-state index contributed by atoms with van der Waals surface area (Å²) in [6, 6.07) is -0.0492. The summed E-state index contributed by atoms with van der Waals surface area (Å²) in [5.41, 5.74) is 0.979. The van der Waals surface area contributed by atoms with Crippen molar-refractivity contribution in [2.75, 3.05) is 0 Å². The molecule has 0 aromatic rings. The highest BCUT2D eigenvalue weighted by atomic mass is 16.3. The SMILES string of the molecule is CC(C)=CC(=O)NC1CCCCC1O. The van der Waals surface area contributed by atoms with Gasteiger partial charge in [0.25, 0.3) is 0 Å². The third kappa shape index (κ3) is 3.50. The Morgan fingerprint density at radius 3 is 2.57 bits per heavy atom. The van der Waals surface area contributed by atoms with E-state index in [4.69, 9.17) is 0 Å². The van der Waals surface area contributed by atoms with Crippen molar-refractivity contribution in [3.05, 3.63) is 11.6 Å². The van der Waals surface area contributed by atoms with Crippen LogP contribution in [0.4, 0.5) is 0 Å². The van der Waals surface area contributed by atoms with E-state index in [2.05, 4.69) is 5.32 Å². The van der Waals surface area contributed by atoms with E-state index in [-0.39, 0.29) is 18.1 Å². The van der Waals surface area contributed by atoms with E-state index >= 15 is 0 Å². The van der Waals surface area contributed by atoms with Crippen LogP contribution in [0.25, 0.3) is 0 Å². The smallest absolute Gasteiger partial charge is 0.244 e. The summed E-state index contributed by atoms with van der Waals surface area (Å²) in [7, 11) is 0. The molecular weight excluding hydrogens is 178 g/mol. The van der Waals surface area contributed by atoms with E-state index in [9.17, 15) is 9.90 Å². The van der Waals surface area contributed by atoms with Crippen molar-refractivity contribution in [1.82, 2.24) is 5.32 Å². The topological polar surface area (TPSA) is 49.3 Å². The first kappa shape index (κ1) is 11.2. The molecule has 1 aliphatic rings. The second-order valence-electron chi connectivity index (χ2n) is 4.19. The van der Waals surface area contributed by atoms with Crippen LogP contribution in [-0.2, 0) is 4.79 Å². The Morgan fingerprint density at radius 1 is 1.36 bits per heavy atom. The lowest BCUT2D eigenvalue weighted by molar-refractivity contribution is -0.118. The van der Waals surface area contributed by atoms with Gasteiger partial charge in [0.2, 0.25) is 5.91 Å². The molecule has 3 nitrogen and oxygen atoms in total. The van der Waals surface area contributed by atoms with Crippen molar-refractivity contribution in [3.63, 3.8) is 0 Å². The quantitative estimate of drug-likeness (QED) is 0.657. The van der Waals surface area contributed by atoms with Gasteiger partial charge in [-0.1, -0.05) is 18.4 Å². The summed E-state index contributed by atoms with van der Waals surface area (Å²) in [6.45, 7) is 3.77. The highest BCUT2D eigenvalue weighted by molar-refractivity contribution is 5.88. The van der Waals surface area contributed by atoms with Crippen LogP contribution >= 0.6 is 0 Å². The lowest BCUT2D eigenvalue weighted by Gasteiger charge is -2.27. The fourth-order valence-corrected chi connectivity index (χ4v) is 1.77. The number of hydrogen-bond acceptors (Lipinski definition) is 2. The van der Waals surface area contributed by atoms with E-state index in [1.54, 1.807) is 6.08 Å². The van der Waals surface area contributed by atoms with Crippen LogP contribution in [0.5, 0.6) is 0 Å². The second-order valence-corrected chi connectivity index (χ2v) is 4.19. The van der Waals surface area contributed by atoms with Gasteiger partial charge in [0, 0.05) is 6.08 Å². The predicted molar refractivity (Wildman–Crippen MR) is 55.8 cm³/mol. The fourth-order valence-electron chi connectivity index (χ4n) is 1.77. The summed E-state index contributed by atoms with van der Waals surface area (Å²) in [5.74, 6) is -0.0871. The highest BCUT2D eigenvalue weighted by Gasteiger charge is 2.23. The van der Waals surface area contributed by atoms with Crippen LogP contribution in [0.3, 0.4) is 0 Å². The van der Waals surface area contributed by atoms with Gasteiger partial charge in [-0.15, -0.1) is 0 Å². The maximum Gasteiger partial charge on any atom is 0.244 e. The number of hydrogen-bond donors (Lipinski definition) is 2. The molecule has 0 radical (unpaired) electrons. The van der Waals surface area contributed by atoms with Crippen molar-refractivity contribution >= 4 is 5.91 Å². The van der Waals surface area contributed by atoms with Gasteiger partial charge in [-0.05, 0) is 26.7 Å². The molecule has 1 rings (SSSR count). The number of nitrogens with one attached hydrogen (secondary N) is 1. The molecule has 0 aliphatic heterocycles. The zero-order chi connectivity index (χ0) is 10.6. The van der Waals surface area contributed by atoms with Crippen molar-refractivity contribution in [1.29, 1.82) is 0 Å². The summed E-state index contributed by atoms with van der Waals surface area (Å²) < 4.78 is 0. The molecule has 2 N–H and O–H groups in total. The van der Waals surface area contributed by atoms with Gasteiger partial charge < -0.3 is 10.4 Å². The zero-order valence-corrected chi connectivity index (χ0v) is 8.92. The largest absolute Gasteiger partial charge is 0.391 e. The number of aliphatic hydroxyl groups is 1. The monoisotopic (exact) mass is 197 g/mol. The summed E-state index contributed by atoms with van der Waals surface area (Å²) in [5, 5.41) is 12.5. The normalized spacial score (nSPS) is 26.8. The van der Waals surface area contributed by atoms with E-state index in [0.29, 0.717) is 0 Å². The van der Waals surface area contributed by atoms with E-state index < -0.39 is 0 Å². The van der Waals surface area contributed by atoms with Crippen LogP contribution in [-0.4, -0.2) is 23.2 Å². The summed E-state index contributed by atoms with van der Waals surface area (Å²) in [6.07, 6.45) is 5.07. The van der Waals surface area contributed by atoms with Gasteiger partial charge >= 0.3 is 0 Å². The number of aliphatic hydroxyl groups excluding tert-OH is 1. The maximum absolute atomic E-state index is 11.4. The molecule has 0 bridgehead atoms. The van der Waals surface area contributed by atoms with Crippen LogP contribution in [0.1, 0.15) is 39.5 Å². The molecule has 0 heterocycles. The van der Waals surface area contributed by atoms with Crippen LogP contribution in [0, 0.1) is 0 Å². The number of amides is 1. The molecule has 2 atom stereocenters. The summed E-state index contributed by atoms with van der Waals surface area (Å²) in [4.78, 5) is 11.4. The van der Waals surface area contributed by atoms with Crippen molar-refractivity contribution < 1.29 is 9.90 Å². The molecule has 3 heteroatoms. The lowest BCUT2D eigenvalue weighted by atomic mass is 9.92. The number of carbonyl (C=O) groups excluding carboxylic acids is 1. The van der Waals surface area contributed by atoms with E-state index in [1.165, 1.54) is 0 Å². The van der Waals surface area contributed by atoms with Crippen molar-refractivity contribution in [2.45, 2.75) is 51.7 Å². The molecule has 1 fully saturated rings. The Balaban J connectivity index is 2.42.